The predicted molar refractivity (Wildman–Crippen MR) is 137 cm³/mol. The number of hydrogen-bond acceptors (Lipinski definition) is 5. The number of benzene rings is 3. The van der Waals surface area contributed by atoms with Crippen molar-refractivity contribution < 1.29 is 19.4 Å². The molecule has 1 aliphatic heterocycles. The zero-order valence-electron chi connectivity index (χ0n) is 20.4. The van der Waals surface area contributed by atoms with Crippen molar-refractivity contribution in [3.63, 3.8) is 0 Å². The third-order valence-corrected chi connectivity index (χ3v) is 6.39. The highest BCUT2D eigenvalue weighted by Crippen LogP contribution is 2.45. The minimum absolute atomic E-state index is 0.113. The Morgan fingerprint density at radius 3 is 2.42 bits per heavy atom. The summed E-state index contributed by atoms with van der Waals surface area (Å²) in [4.78, 5) is 15.5. The number of nitrogens with one attached hydrogen (secondary N) is 1. The van der Waals surface area contributed by atoms with Crippen LogP contribution in [0.3, 0.4) is 0 Å². The van der Waals surface area contributed by atoms with Crippen LogP contribution >= 0.6 is 0 Å². The first-order valence-corrected chi connectivity index (χ1v) is 12.2. The third kappa shape index (κ3) is 4.28. The Kier molecular flexibility index (Phi) is 6.62. The highest BCUT2D eigenvalue weighted by atomic mass is 16.5. The second kappa shape index (κ2) is 10.2. The van der Waals surface area contributed by atoms with Crippen LogP contribution in [-0.4, -0.2) is 45.9 Å². The predicted octanol–water partition coefficient (Wildman–Crippen LogP) is 5.37. The molecule has 0 spiro atoms. The molecule has 36 heavy (non-hydrogen) atoms. The molecule has 7 heteroatoms. The second-order valence-corrected chi connectivity index (χ2v) is 8.59. The van der Waals surface area contributed by atoms with Gasteiger partial charge in [-0.2, -0.15) is 5.10 Å². The Hall–Kier alpha value is -4.26. The Balaban J connectivity index is 1.61. The van der Waals surface area contributed by atoms with E-state index < -0.39 is 6.04 Å². The summed E-state index contributed by atoms with van der Waals surface area (Å²) >= 11 is 0. The van der Waals surface area contributed by atoms with Crippen LogP contribution in [0.15, 0.2) is 72.8 Å². The lowest BCUT2D eigenvalue weighted by Crippen LogP contribution is -2.31. The van der Waals surface area contributed by atoms with Crippen LogP contribution in [0.5, 0.6) is 17.2 Å². The number of aromatic amines is 1. The van der Waals surface area contributed by atoms with E-state index in [-0.39, 0.29) is 11.7 Å². The molecule has 1 aliphatic rings. The fourth-order valence-electron chi connectivity index (χ4n) is 4.79. The topological polar surface area (TPSA) is 87.7 Å². The Bertz CT molecular complexity index is 1370. The monoisotopic (exact) mass is 483 g/mol. The van der Waals surface area contributed by atoms with Crippen LogP contribution in [0.1, 0.15) is 47.1 Å². The molecule has 0 unspecified atom stereocenters. The highest BCUT2D eigenvalue weighted by molar-refractivity contribution is 6.00. The Morgan fingerprint density at radius 1 is 0.944 bits per heavy atom. The summed E-state index contributed by atoms with van der Waals surface area (Å²) in [5, 5.41) is 18.0. The van der Waals surface area contributed by atoms with Gasteiger partial charge in [0.1, 0.15) is 17.1 Å². The van der Waals surface area contributed by atoms with Crippen LogP contribution in [0.25, 0.3) is 11.3 Å². The van der Waals surface area contributed by atoms with Crippen molar-refractivity contribution in [1.29, 1.82) is 0 Å². The minimum Gasteiger partial charge on any atom is -0.507 e. The average Bonchev–Trinajstić information content (AvgIpc) is 3.44. The molecular weight excluding hydrogens is 454 g/mol. The van der Waals surface area contributed by atoms with Gasteiger partial charge in [0.15, 0.2) is 11.5 Å². The van der Waals surface area contributed by atoms with Crippen molar-refractivity contribution in [3.8, 4) is 28.5 Å². The summed E-state index contributed by atoms with van der Waals surface area (Å²) < 4.78 is 11.7. The van der Waals surface area contributed by atoms with Crippen molar-refractivity contribution >= 4 is 5.91 Å². The molecule has 2 heterocycles. The Labute approximate surface area is 210 Å². The standard InChI is InChI=1S/C29H29N3O4/c1-3-35-23-15-14-20(18-24(23)36-4-2)28-25-26(21-12-8-9-13-22(21)33)30-31-27(25)29(34)32(28)17-16-19-10-6-5-7-11-19/h5-15,18,28,33H,3-4,16-17H2,1-2H3,(H,30,31)/t28-/m0/s1. The molecule has 5 rings (SSSR count). The van der Waals surface area contributed by atoms with Gasteiger partial charge in [0.25, 0.3) is 5.91 Å². The molecule has 4 aromatic rings. The number of aromatic nitrogens is 2. The van der Waals surface area contributed by atoms with E-state index in [1.807, 2.05) is 67.3 Å². The third-order valence-electron chi connectivity index (χ3n) is 6.39. The van der Waals surface area contributed by atoms with E-state index in [2.05, 4.69) is 22.3 Å². The van der Waals surface area contributed by atoms with Gasteiger partial charge >= 0.3 is 0 Å². The normalized spacial score (nSPS) is 14.7. The van der Waals surface area contributed by atoms with E-state index in [1.54, 1.807) is 12.1 Å². The zero-order chi connectivity index (χ0) is 25.1. The smallest absolute Gasteiger partial charge is 0.273 e. The molecule has 3 aromatic carbocycles. The number of ether oxygens (including phenoxy) is 2. The molecule has 0 radical (unpaired) electrons. The maximum Gasteiger partial charge on any atom is 0.273 e. The number of carbonyl (C=O) groups is 1. The first-order chi connectivity index (χ1) is 17.6. The van der Waals surface area contributed by atoms with Crippen molar-refractivity contribution in [2.24, 2.45) is 0 Å². The van der Waals surface area contributed by atoms with Crippen LogP contribution in [0, 0.1) is 0 Å². The van der Waals surface area contributed by atoms with E-state index >= 15 is 0 Å². The van der Waals surface area contributed by atoms with Gasteiger partial charge in [0, 0.05) is 17.7 Å². The van der Waals surface area contributed by atoms with Crippen LogP contribution in [0.4, 0.5) is 0 Å². The molecule has 7 nitrogen and oxygen atoms in total. The Morgan fingerprint density at radius 2 is 1.67 bits per heavy atom. The number of nitrogens with zero attached hydrogens (tertiary/aromatic N) is 2. The largest absolute Gasteiger partial charge is 0.507 e. The lowest BCUT2D eigenvalue weighted by molar-refractivity contribution is 0.0745. The van der Waals surface area contributed by atoms with Gasteiger partial charge in [-0.05, 0) is 55.7 Å². The van der Waals surface area contributed by atoms with E-state index in [0.29, 0.717) is 54.6 Å². The van der Waals surface area contributed by atoms with Crippen molar-refractivity contribution in [3.05, 3.63) is 95.2 Å². The van der Waals surface area contributed by atoms with Crippen molar-refractivity contribution in [2.75, 3.05) is 19.8 Å². The lowest BCUT2D eigenvalue weighted by atomic mass is 9.95. The average molecular weight is 484 g/mol. The van der Waals surface area contributed by atoms with Crippen molar-refractivity contribution in [2.45, 2.75) is 26.3 Å². The van der Waals surface area contributed by atoms with Gasteiger partial charge < -0.3 is 19.5 Å². The number of carbonyl (C=O) groups excluding carboxylic acids is 1. The van der Waals surface area contributed by atoms with E-state index in [1.165, 1.54) is 0 Å². The summed E-state index contributed by atoms with van der Waals surface area (Å²) in [5.74, 6) is 1.29. The number of amides is 1. The lowest BCUT2D eigenvalue weighted by Gasteiger charge is -2.27. The first-order valence-electron chi connectivity index (χ1n) is 12.2. The summed E-state index contributed by atoms with van der Waals surface area (Å²) in [6.07, 6.45) is 0.710. The zero-order valence-corrected chi connectivity index (χ0v) is 20.4. The fraction of sp³-hybridized carbons (Fsp3) is 0.241. The van der Waals surface area contributed by atoms with E-state index in [4.69, 9.17) is 9.47 Å². The molecule has 0 fully saturated rings. The minimum atomic E-state index is -0.403. The number of hydrogen-bond donors (Lipinski definition) is 2. The van der Waals surface area contributed by atoms with Crippen LogP contribution < -0.4 is 9.47 Å². The van der Waals surface area contributed by atoms with Gasteiger partial charge in [-0.1, -0.05) is 48.5 Å². The van der Waals surface area contributed by atoms with Crippen LogP contribution in [0.2, 0.25) is 0 Å². The molecular formula is C29H29N3O4. The van der Waals surface area contributed by atoms with Crippen molar-refractivity contribution in [1.82, 2.24) is 15.1 Å². The van der Waals surface area contributed by atoms with Gasteiger partial charge in [-0.3, -0.25) is 9.89 Å². The van der Waals surface area contributed by atoms with Gasteiger partial charge in [-0.25, -0.2) is 0 Å². The number of aromatic hydroxyl groups is 1. The summed E-state index contributed by atoms with van der Waals surface area (Å²) in [5.41, 5.74) is 4.38. The highest BCUT2D eigenvalue weighted by Gasteiger charge is 2.42. The first kappa shape index (κ1) is 23.5. The van der Waals surface area contributed by atoms with Gasteiger partial charge in [-0.15, -0.1) is 0 Å². The molecule has 1 amide bonds. The van der Waals surface area contributed by atoms with Gasteiger partial charge in [0.2, 0.25) is 0 Å². The molecule has 184 valence electrons. The molecule has 2 N–H and O–H groups in total. The molecule has 0 saturated carbocycles. The van der Waals surface area contributed by atoms with E-state index in [9.17, 15) is 9.90 Å². The summed E-state index contributed by atoms with van der Waals surface area (Å²) in [6.45, 7) is 5.39. The molecule has 0 bridgehead atoms. The maximum absolute atomic E-state index is 13.6. The number of phenols is 1. The second-order valence-electron chi connectivity index (χ2n) is 8.59. The molecule has 1 atom stereocenters. The summed E-state index contributed by atoms with van der Waals surface area (Å²) in [7, 11) is 0. The fourth-order valence-corrected chi connectivity index (χ4v) is 4.79. The molecule has 1 aromatic heterocycles. The number of rotatable bonds is 9. The number of para-hydroxylation sites is 1. The number of H-pyrrole nitrogens is 1. The van der Waals surface area contributed by atoms with E-state index in [0.717, 1.165) is 16.7 Å². The maximum atomic E-state index is 13.6. The van der Waals surface area contributed by atoms with Gasteiger partial charge in [0.05, 0.1) is 19.3 Å². The van der Waals surface area contributed by atoms with Crippen LogP contribution in [-0.2, 0) is 6.42 Å². The summed E-state index contributed by atoms with van der Waals surface area (Å²) in [6, 6.07) is 22.6. The SMILES string of the molecule is CCOc1ccc([C@H]2c3c(-c4ccccc4O)n[nH]c3C(=O)N2CCc2ccccc2)cc1OCC. The quantitative estimate of drug-likeness (QED) is 0.334. The number of phenolic OH excluding ortho intramolecular Hbond substituents is 1. The number of fused-ring (bicyclic) bond motifs is 1. The molecule has 0 aliphatic carbocycles. The molecule has 0 saturated heterocycles.